The summed E-state index contributed by atoms with van der Waals surface area (Å²) < 4.78 is 2.86. The first-order valence-corrected chi connectivity index (χ1v) is 5.25. The molecule has 0 bridgehead atoms. The number of nitrogens with zero attached hydrogens (tertiary/aromatic N) is 6. The van der Waals surface area contributed by atoms with E-state index in [4.69, 9.17) is 5.26 Å². The van der Waals surface area contributed by atoms with E-state index in [0.29, 0.717) is 12.2 Å². The summed E-state index contributed by atoms with van der Waals surface area (Å²) in [6.45, 7) is 3.85. The van der Waals surface area contributed by atoms with Gasteiger partial charge < -0.3 is 0 Å². The Bertz CT molecular complexity index is 648. The van der Waals surface area contributed by atoms with Gasteiger partial charge in [-0.25, -0.2) is 9.67 Å². The smallest absolute Gasteiger partial charge is 0.270 e. The molecule has 2 rings (SSSR count). The van der Waals surface area contributed by atoms with Gasteiger partial charge in [0.1, 0.15) is 11.8 Å². The van der Waals surface area contributed by atoms with Gasteiger partial charge in [-0.15, -0.1) is 0 Å². The predicted molar refractivity (Wildman–Crippen MR) is 61.1 cm³/mol. The Kier molecular flexibility index (Phi) is 2.81. The number of aryl methyl sites for hydroxylation is 2. The van der Waals surface area contributed by atoms with Gasteiger partial charge in [0.25, 0.3) is 0 Å². The van der Waals surface area contributed by atoms with E-state index < -0.39 is 4.92 Å². The Morgan fingerprint density at radius 3 is 2.89 bits per heavy atom. The molecule has 0 aliphatic rings. The lowest BCUT2D eigenvalue weighted by molar-refractivity contribution is -0.385. The van der Waals surface area contributed by atoms with Crippen LogP contribution in [0.5, 0.6) is 0 Å². The zero-order valence-corrected chi connectivity index (χ0v) is 9.86. The zero-order valence-electron chi connectivity index (χ0n) is 9.86. The number of aromatic nitrogens is 4. The molecule has 0 N–H and O–H groups in total. The second kappa shape index (κ2) is 4.29. The molecule has 0 saturated carbocycles. The topological polar surface area (TPSA) is 103 Å². The van der Waals surface area contributed by atoms with E-state index in [1.807, 2.05) is 13.0 Å². The number of nitro groups is 1. The molecule has 0 aliphatic heterocycles. The van der Waals surface area contributed by atoms with Crippen LogP contribution in [0, 0.1) is 28.4 Å². The van der Waals surface area contributed by atoms with E-state index in [1.165, 1.54) is 21.6 Å². The van der Waals surface area contributed by atoms with Crippen LogP contribution in [0.3, 0.4) is 0 Å². The number of nitriles is 1. The molecule has 0 radical (unpaired) electrons. The quantitative estimate of drug-likeness (QED) is 0.597. The highest BCUT2D eigenvalue weighted by molar-refractivity contribution is 5.52. The minimum atomic E-state index is -0.495. The van der Waals surface area contributed by atoms with Gasteiger partial charge in [-0.2, -0.15) is 10.4 Å². The number of hydrogen-bond donors (Lipinski definition) is 0. The van der Waals surface area contributed by atoms with Crippen molar-refractivity contribution in [1.29, 1.82) is 5.26 Å². The highest BCUT2D eigenvalue weighted by Crippen LogP contribution is 2.27. The maximum absolute atomic E-state index is 11.1. The average molecular weight is 246 g/mol. The van der Waals surface area contributed by atoms with Crippen LogP contribution in [0.1, 0.15) is 18.4 Å². The average Bonchev–Trinajstić information content (AvgIpc) is 2.91. The van der Waals surface area contributed by atoms with Gasteiger partial charge in [0.2, 0.25) is 11.6 Å². The van der Waals surface area contributed by atoms with Crippen LogP contribution in [0.15, 0.2) is 12.4 Å². The molecule has 2 heterocycles. The maximum atomic E-state index is 11.1. The van der Waals surface area contributed by atoms with Gasteiger partial charge in [0, 0.05) is 18.9 Å². The molecule has 8 nitrogen and oxygen atoms in total. The van der Waals surface area contributed by atoms with Crippen molar-refractivity contribution >= 4 is 5.69 Å². The third-order valence-corrected chi connectivity index (χ3v) is 2.52. The SMILES string of the molecule is CCn1nc(C)c([N+](=O)[O-])c1-n1ccnc1C#N. The molecule has 2 aromatic heterocycles. The van der Waals surface area contributed by atoms with Crippen molar-refractivity contribution in [1.82, 2.24) is 19.3 Å². The van der Waals surface area contributed by atoms with Crippen LogP contribution in [0.2, 0.25) is 0 Å². The molecule has 0 spiro atoms. The van der Waals surface area contributed by atoms with Gasteiger partial charge in [-0.05, 0) is 13.8 Å². The highest BCUT2D eigenvalue weighted by atomic mass is 16.6. The maximum Gasteiger partial charge on any atom is 0.334 e. The summed E-state index contributed by atoms with van der Waals surface area (Å²) in [6, 6.07) is 1.89. The first-order valence-electron chi connectivity index (χ1n) is 5.25. The summed E-state index contributed by atoms with van der Waals surface area (Å²) in [5.41, 5.74) is 0.209. The van der Waals surface area contributed by atoms with E-state index in [9.17, 15) is 10.1 Å². The first-order chi connectivity index (χ1) is 8.60. The fourth-order valence-corrected chi connectivity index (χ4v) is 1.79. The largest absolute Gasteiger partial charge is 0.334 e. The van der Waals surface area contributed by atoms with Crippen LogP contribution in [-0.2, 0) is 6.54 Å². The summed E-state index contributed by atoms with van der Waals surface area (Å²) in [6.07, 6.45) is 2.93. The van der Waals surface area contributed by atoms with Crippen molar-refractivity contribution < 1.29 is 4.92 Å². The Morgan fingerprint density at radius 2 is 2.33 bits per heavy atom. The molecule has 0 amide bonds. The van der Waals surface area contributed by atoms with E-state index in [-0.39, 0.29) is 17.3 Å². The lowest BCUT2D eigenvalue weighted by Gasteiger charge is -2.05. The number of hydrogen-bond acceptors (Lipinski definition) is 5. The van der Waals surface area contributed by atoms with Crippen LogP contribution >= 0.6 is 0 Å². The van der Waals surface area contributed by atoms with Crippen LogP contribution in [0.25, 0.3) is 5.82 Å². The standard InChI is InChI=1S/C10H10N6O2/c1-3-15-10(9(16(17)18)7(2)13-15)14-5-4-12-8(14)6-11/h4-5H,3H2,1-2H3. The molecule has 0 aromatic carbocycles. The normalized spacial score (nSPS) is 10.3. The van der Waals surface area contributed by atoms with Crippen molar-refractivity contribution in [3.05, 3.63) is 34.0 Å². The summed E-state index contributed by atoms with van der Waals surface area (Å²) in [5.74, 6) is 0.349. The Labute approximate surface area is 102 Å². The van der Waals surface area contributed by atoms with Crippen molar-refractivity contribution in [2.75, 3.05) is 0 Å². The summed E-state index contributed by atoms with van der Waals surface area (Å²) in [7, 11) is 0. The van der Waals surface area contributed by atoms with E-state index in [0.717, 1.165) is 0 Å². The molecular weight excluding hydrogens is 236 g/mol. The molecule has 92 valence electrons. The van der Waals surface area contributed by atoms with Crippen LogP contribution in [0.4, 0.5) is 5.69 Å². The minimum absolute atomic E-state index is 0.0905. The molecule has 0 aliphatic carbocycles. The van der Waals surface area contributed by atoms with Crippen molar-refractivity contribution in [3.63, 3.8) is 0 Å². The molecule has 0 atom stereocenters. The van der Waals surface area contributed by atoms with Crippen molar-refractivity contribution in [2.45, 2.75) is 20.4 Å². The van der Waals surface area contributed by atoms with Crippen LogP contribution in [-0.4, -0.2) is 24.3 Å². The molecule has 18 heavy (non-hydrogen) atoms. The van der Waals surface area contributed by atoms with Gasteiger partial charge in [0.15, 0.2) is 0 Å². The van der Waals surface area contributed by atoms with Gasteiger partial charge >= 0.3 is 5.69 Å². The Balaban J connectivity index is 2.77. The molecule has 0 fully saturated rings. The predicted octanol–water partition coefficient (Wildman–Crippen LogP) is 1.18. The minimum Gasteiger partial charge on any atom is -0.270 e. The zero-order chi connectivity index (χ0) is 13.3. The Morgan fingerprint density at radius 1 is 1.61 bits per heavy atom. The molecule has 2 aromatic rings. The molecule has 0 unspecified atom stereocenters. The second-order valence-corrected chi connectivity index (χ2v) is 3.56. The fourth-order valence-electron chi connectivity index (χ4n) is 1.79. The monoisotopic (exact) mass is 246 g/mol. The van der Waals surface area contributed by atoms with Gasteiger partial charge in [-0.1, -0.05) is 0 Å². The molecule has 8 heteroatoms. The summed E-state index contributed by atoms with van der Waals surface area (Å²) >= 11 is 0. The molecular formula is C10H10N6O2. The number of rotatable bonds is 3. The van der Waals surface area contributed by atoms with E-state index >= 15 is 0 Å². The lowest BCUT2D eigenvalue weighted by atomic mass is 10.4. The molecule has 0 saturated heterocycles. The van der Waals surface area contributed by atoms with E-state index in [2.05, 4.69) is 10.1 Å². The Hall–Kier alpha value is -2.69. The fraction of sp³-hybridized carbons (Fsp3) is 0.300. The third-order valence-electron chi connectivity index (χ3n) is 2.52. The highest BCUT2D eigenvalue weighted by Gasteiger charge is 2.27. The lowest BCUT2D eigenvalue weighted by Crippen LogP contribution is -2.08. The van der Waals surface area contributed by atoms with Crippen LogP contribution < -0.4 is 0 Å². The second-order valence-electron chi connectivity index (χ2n) is 3.56. The first kappa shape index (κ1) is 11.8. The van der Waals surface area contributed by atoms with E-state index in [1.54, 1.807) is 6.92 Å². The summed E-state index contributed by atoms with van der Waals surface area (Å²) in [4.78, 5) is 14.4. The third kappa shape index (κ3) is 1.62. The van der Waals surface area contributed by atoms with Gasteiger partial charge in [-0.3, -0.25) is 14.7 Å². The van der Waals surface area contributed by atoms with Crippen molar-refractivity contribution in [2.24, 2.45) is 0 Å². The number of imidazole rings is 1. The summed E-state index contributed by atoms with van der Waals surface area (Å²) in [5, 5.41) is 24.1. The van der Waals surface area contributed by atoms with Crippen molar-refractivity contribution in [3.8, 4) is 11.9 Å². The van der Waals surface area contributed by atoms with Gasteiger partial charge in [0.05, 0.1) is 4.92 Å².